The first-order chi connectivity index (χ1) is 12.9. The van der Waals surface area contributed by atoms with Crippen molar-refractivity contribution in [3.8, 4) is 0 Å². The zero-order valence-electron chi connectivity index (χ0n) is 14.8. The van der Waals surface area contributed by atoms with Gasteiger partial charge in [-0.1, -0.05) is 30.7 Å². The van der Waals surface area contributed by atoms with Gasteiger partial charge < -0.3 is 4.57 Å². The van der Waals surface area contributed by atoms with E-state index in [0.717, 1.165) is 10.1 Å². The fourth-order valence-corrected chi connectivity index (χ4v) is 4.20. The maximum absolute atomic E-state index is 12.6. The van der Waals surface area contributed by atoms with Crippen LogP contribution in [0.4, 0.5) is 13.2 Å². The molecule has 0 atom stereocenters. The third-order valence-corrected chi connectivity index (χ3v) is 6.02. The maximum Gasteiger partial charge on any atom is 0.390 e. The number of benzene rings is 1. The number of imidazole rings is 1. The van der Waals surface area contributed by atoms with E-state index in [4.69, 9.17) is 23.2 Å². The molecule has 1 aromatic carbocycles. The van der Waals surface area contributed by atoms with Crippen molar-refractivity contribution in [3.05, 3.63) is 45.5 Å². The Labute approximate surface area is 169 Å². The number of hydrogen-bond donors (Lipinski definition) is 1. The SMILES string of the molecule is CCc1ccc(C)c(S(=O)(=O)NC(=O)c2nc(Cl)n(CCC(F)(F)F)c2Cl)c1. The van der Waals surface area contributed by atoms with Gasteiger partial charge in [0.25, 0.3) is 15.9 Å². The van der Waals surface area contributed by atoms with Crippen molar-refractivity contribution in [2.75, 3.05) is 0 Å². The zero-order valence-corrected chi connectivity index (χ0v) is 17.1. The zero-order chi connectivity index (χ0) is 21.3. The van der Waals surface area contributed by atoms with Crippen LogP contribution in [0.3, 0.4) is 0 Å². The molecule has 0 aliphatic heterocycles. The summed E-state index contributed by atoms with van der Waals surface area (Å²) in [6, 6.07) is 4.80. The number of hydrogen-bond acceptors (Lipinski definition) is 4. The topological polar surface area (TPSA) is 81.1 Å². The average Bonchev–Trinajstić information content (AvgIpc) is 2.86. The largest absolute Gasteiger partial charge is 0.390 e. The van der Waals surface area contributed by atoms with E-state index < -0.39 is 51.2 Å². The lowest BCUT2D eigenvalue weighted by Crippen LogP contribution is -2.31. The highest BCUT2D eigenvalue weighted by atomic mass is 35.5. The number of nitrogens with one attached hydrogen (secondary N) is 1. The Morgan fingerprint density at radius 3 is 2.50 bits per heavy atom. The minimum Gasteiger partial charge on any atom is -0.305 e. The third kappa shape index (κ3) is 5.18. The van der Waals surface area contributed by atoms with Crippen LogP contribution in [0.1, 0.15) is 35.0 Å². The molecule has 154 valence electrons. The standard InChI is InChI=1S/C16H16Cl2F3N3O3S/c1-3-10-5-4-9(2)11(8-10)28(26,27)23-14(25)12-13(17)24(15(18)22-12)7-6-16(19,20)21/h4-5,8H,3,6-7H2,1-2H3,(H,23,25). The quantitative estimate of drug-likeness (QED) is 0.706. The van der Waals surface area contributed by atoms with Crippen LogP contribution >= 0.6 is 23.2 Å². The average molecular weight is 458 g/mol. The molecule has 28 heavy (non-hydrogen) atoms. The Morgan fingerprint density at radius 2 is 1.93 bits per heavy atom. The number of carbonyl (C=O) groups is 1. The molecule has 1 N–H and O–H groups in total. The van der Waals surface area contributed by atoms with E-state index in [-0.39, 0.29) is 4.90 Å². The molecule has 0 aliphatic rings. The molecule has 6 nitrogen and oxygen atoms in total. The fraction of sp³-hybridized carbons (Fsp3) is 0.375. The van der Waals surface area contributed by atoms with Crippen LogP contribution in [0, 0.1) is 6.92 Å². The minimum absolute atomic E-state index is 0.0982. The number of alkyl halides is 3. The molecule has 0 bridgehead atoms. The van der Waals surface area contributed by atoms with E-state index in [1.807, 2.05) is 11.6 Å². The van der Waals surface area contributed by atoms with E-state index in [0.29, 0.717) is 12.0 Å². The van der Waals surface area contributed by atoms with E-state index in [2.05, 4.69) is 4.98 Å². The highest BCUT2D eigenvalue weighted by molar-refractivity contribution is 7.90. The highest BCUT2D eigenvalue weighted by Crippen LogP contribution is 2.27. The molecule has 2 aromatic rings. The summed E-state index contributed by atoms with van der Waals surface area (Å²) < 4.78 is 65.0. The number of carbonyl (C=O) groups excluding carboxylic acids is 1. The third-order valence-electron chi connectivity index (χ3n) is 3.87. The van der Waals surface area contributed by atoms with Crippen LogP contribution < -0.4 is 4.72 Å². The van der Waals surface area contributed by atoms with Crippen LogP contribution in [-0.4, -0.2) is 30.1 Å². The summed E-state index contributed by atoms with van der Waals surface area (Å²) in [5.41, 5.74) is 0.579. The fourth-order valence-electron chi connectivity index (χ4n) is 2.36. The van der Waals surface area contributed by atoms with E-state index in [1.165, 1.54) is 6.07 Å². The van der Waals surface area contributed by atoms with Crippen molar-refractivity contribution in [2.24, 2.45) is 0 Å². The molecule has 0 saturated carbocycles. The number of aryl methyl sites for hydroxylation is 2. The summed E-state index contributed by atoms with van der Waals surface area (Å²) in [6.45, 7) is 2.75. The van der Waals surface area contributed by atoms with Gasteiger partial charge in [-0.05, 0) is 42.1 Å². The van der Waals surface area contributed by atoms with E-state index >= 15 is 0 Å². The molecule has 12 heteroatoms. The first-order valence-corrected chi connectivity index (χ1v) is 10.2. The summed E-state index contributed by atoms with van der Waals surface area (Å²) >= 11 is 11.6. The highest BCUT2D eigenvalue weighted by Gasteiger charge is 2.30. The first-order valence-electron chi connectivity index (χ1n) is 8.00. The van der Waals surface area contributed by atoms with Gasteiger partial charge in [-0.25, -0.2) is 18.1 Å². The van der Waals surface area contributed by atoms with Crippen molar-refractivity contribution in [1.29, 1.82) is 0 Å². The van der Waals surface area contributed by atoms with Gasteiger partial charge in [0.05, 0.1) is 11.3 Å². The van der Waals surface area contributed by atoms with Crippen molar-refractivity contribution in [2.45, 2.75) is 44.3 Å². The number of sulfonamides is 1. The molecule has 0 saturated heterocycles. The van der Waals surface area contributed by atoms with Gasteiger partial charge in [0.15, 0.2) is 5.69 Å². The molecule has 1 amide bonds. The van der Waals surface area contributed by atoms with Crippen molar-refractivity contribution >= 4 is 39.1 Å². The molecule has 1 aromatic heterocycles. The van der Waals surface area contributed by atoms with Crippen molar-refractivity contribution in [3.63, 3.8) is 0 Å². The summed E-state index contributed by atoms with van der Waals surface area (Å²) in [5, 5.41) is -0.943. The van der Waals surface area contributed by atoms with Crippen LogP contribution in [-0.2, 0) is 23.0 Å². The van der Waals surface area contributed by atoms with Gasteiger partial charge in [0.2, 0.25) is 5.28 Å². The number of aromatic nitrogens is 2. The minimum atomic E-state index is -4.47. The molecule has 0 fully saturated rings. The summed E-state index contributed by atoms with van der Waals surface area (Å²) in [6.07, 6.45) is -5.13. The lowest BCUT2D eigenvalue weighted by Gasteiger charge is -2.10. The van der Waals surface area contributed by atoms with Gasteiger partial charge >= 0.3 is 6.18 Å². The van der Waals surface area contributed by atoms with Crippen LogP contribution in [0.25, 0.3) is 0 Å². The Kier molecular flexibility index (Phi) is 6.67. The van der Waals surface area contributed by atoms with Crippen LogP contribution in [0.5, 0.6) is 0 Å². The number of amides is 1. The van der Waals surface area contributed by atoms with E-state index in [9.17, 15) is 26.4 Å². The Morgan fingerprint density at radius 1 is 1.29 bits per heavy atom. The molecule has 0 unspecified atom stereocenters. The molecule has 0 radical (unpaired) electrons. The van der Waals surface area contributed by atoms with Crippen LogP contribution in [0.15, 0.2) is 23.1 Å². The van der Waals surface area contributed by atoms with Crippen LogP contribution in [0.2, 0.25) is 10.4 Å². The Bertz CT molecular complexity index is 1000. The number of nitrogens with zero attached hydrogens (tertiary/aromatic N) is 2. The lowest BCUT2D eigenvalue weighted by atomic mass is 10.1. The second-order valence-electron chi connectivity index (χ2n) is 5.93. The molecular formula is C16H16Cl2F3N3O3S. The molecule has 2 rings (SSSR count). The summed E-state index contributed by atoms with van der Waals surface area (Å²) in [7, 11) is -4.26. The maximum atomic E-state index is 12.6. The van der Waals surface area contributed by atoms with Gasteiger partial charge in [0.1, 0.15) is 5.15 Å². The summed E-state index contributed by atoms with van der Waals surface area (Å²) in [5.74, 6) is -1.20. The smallest absolute Gasteiger partial charge is 0.305 e. The summed E-state index contributed by atoms with van der Waals surface area (Å²) in [4.78, 5) is 15.9. The lowest BCUT2D eigenvalue weighted by molar-refractivity contribution is -0.136. The molecular weight excluding hydrogens is 442 g/mol. The normalized spacial score (nSPS) is 12.2. The number of halogens is 5. The Hall–Kier alpha value is -1.78. The van der Waals surface area contributed by atoms with Gasteiger partial charge in [-0.2, -0.15) is 13.2 Å². The predicted molar refractivity (Wildman–Crippen MR) is 98.1 cm³/mol. The van der Waals surface area contributed by atoms with E-state index in [1.54, 1.807) is 19.1 Å². The second kappa shape index (κ2) is 8.30. The van der Waals surface area contributed by atoms with Gasteiger partial charge in [-0.15, -0.1) is 0 Å². The van der Waals surface area contributed by atoms with Gasteiger partial charge in [0, 0.05) is 6.54 Å². The van der Waals surface area contributed by atoms with Gasteiger partial charge in [-0.3, -0.25) is 4.79 Å². The molecule has 1 heterocycles. The number of rotatable bonds is 6. The molecule has 0 spiro atoms. The first kappa shape index (κ1) is 22.5. The molecule has 0 aliphatic carbocycles. The van der Waals surface area contributed by atoms with Crippen molar-refractivity contribution < 1.29 is 26.4 Å². The second-order valence-corrected chi connectivity index (χ2v) is 8.27. The predicted octanol–water partition coefficient (Wildman–Crippen LogP) is 4.13. The van der Waals surface area contributed by atoms with Crippen molar-refractivity contribution in [1.82, 2.24) is 14.3 Å². The monoisotopic (exact) mass is 457 g/mol. The Balaban J connectivity index is 2.30.